The highest BCUT2D eigenvalue weighted by Gasteiger charge is 2.17. The van der Waals surface area contributed by atoms with Gasteiger partial charge in [0.25, 0.3) is 5.91 Å². The third-order valence-electron chi connectivity index (χ3n) is 2.97. The summed E-state index contributed by atoms with van der Waals surface area (Å²) in [6.45, 7) is 6.13. The molecule has 0 aromatic heterocycles. The van der Waals surface area contributed by atoms with Crippen LogP contribution in [0.2, 0.25) is 5.02 Å². The Balaban J connectivity index is 2.80. The van der Waals surface area contributed by atoms with E-state index in [9.17, 15) is 4.79 Å². The van der Waals surface area contributed by atoms with Crippen LogP contribution in [0.15, 0.2) is 18.2 Å². The maximum Gasteiger partial charge on any atom is 0.251 e. The molecule has 0 aliphatic rings. The van der Waals surface area contributed by atoms with E-state index in [2.05, 4.69) is 35.1 Å². The number of carbonyl (C=O) groups is 1. The Kier molecular flexibility index (Phi) is 6.16. The average Bonchev–Trinajstić information content (AvgIpc) is 2.27. The van der Waals surface area contributed by atoms with Crippen LogP contribution in [-0.2, 0) is 0 Å². The number of nitrogens with one attached hydrogen (secondary N) is 1. The Morgan fingerprint density at radius 3 is 2.61 bits per heavy atom. The molecule has 1 unspecified atom stereocenters. The molecule has 4 heteroatoms. The fourth-order valence-corrected chi connectivity index (χ4v) is 2.54. The molecule has 1 aromatic rings. The van der Waals surface area contributed by atoms with Crippen molar-refractivity contribution >= 4 is 33.4 Å². The van der Waals surface area contributed by atoms with Crippen LogP contribution in [0.3, 0.4) is 0 Å². The largest absolute Gasteiger partial charge is 0.349 e. The van der Waals surface area contributed by atoms with Crippen molar-refractivity contribution in [3.8, 4) is 0 Å². The van der Waals surface area contributed by atoms with Gasteiger partial charge in [0, 0.05) is 22.0 Å². The SMILES string of the molecule is Cc1cc(Cl)ccc1C(=O)NC(CCBr)C(C)C. The minimum atomic E-state index is -0.0242. The molecule has 18 heavy (non-hydrogen) atoms. The molecule has 0 aliphatic heterocycles. The highest BCUT2D eigenvalue weighted by molar-refractivity contribution is 9.09. The summed E-state index contributed by atoms with van der Waals surface area (Å²) in [7, 11) is 0. The Bertz CT molecular complexity index is 420. The van der Waals surface area contributed by atoms with Gasteiger partial charge in [-0.1, -0.05) is 41.4 Å². The van der Waals surface area contributed by atoms with Crippen LogP contribution in [0.25, 0.3) is 0 Å². The second-order valence-electron chi connectivity index (χ2n) is 4.76. The molecule has 0 saturated carbocycles. The van der Waals surface area contributed by atoms with E-state index in [1.54, 1.807) is 12.1 Å². The second-order valence-corrected chi connectivity index (χ2v) is 5.99. The molecule has 0 radical (unpaired) electrons. The molecule has 2 nitrogen and oxygen atoms in total. The minimum absolute atomic E-state index is 0.0242. The smallest absolute Gasteiger partial charge is 0.251 e. The van der Waals surface area contributed by atoms with Crippen LogP contribution in [0.1, 0.15) is 36.2 Å². The predicted molar refractivity (Wildman–Crippen MR) is 80.7 cm³/mol. The molecule has 0 aliphatic carbocycles. The van der Waals surface area contributed by atoms with Crippen molar-refractivity contribution in [3.05, 3.63) is 34.3 Å². The third-order valence-corrected chi connectivity index (χ3v) is 3.67. The van der Waals surface area contributed by atoms with E-state index in [1.807, 2.05) is 13.0 Å². The highest BCUT2D eigenvalue weighted by Crippen LogP contribution is 2.16. The van der Waals surface area contributed by atoms with Gasteiger partial charge in [-0.2, -0.15) is 0 Å². The first-order valence-corrected chi connectivity index (χ1v) is 7.58. The quantitative estimate of drug-likeness (QED) is 0.805. The molecule has 1 amide bonds. The number of hydrogen-bond acceptors (Lipinski definition) is 1. The first-order valence-electron chi connectivity index (χ1n) is 6.08. The third kappa shape index (κ3) is 4.29. The van der Waals surface area contributed by atoms with Gasteiger partial charge < -0.3 is 5.32 Å². The van der Waals surface area contributed by atoms with Crippen LogP contribution in [-0.4, -0.2) is 17.3 Å². The number of aryl methyl sites for hydroxylation is 1. The first-order chi connectivity index (χ1) is 8.45. The lowest BCUT2D eigenvalue weighted by molar-refractivity contribution is 0.0924. The molecule has 0 bridgehead atoms. The molecule has 1 rings (SSSR count). The van der Waals surface area contributed by atoms with Crippen molar-refractivity contribution in [1.29, 1.82) is 0 Å². The van der Waals surface area contributed by atoms with E-state index in [0.29, 0.717) is 16.5 Å². The first kappa shape index (κ1) is 15.5. The number of rotatable bonds is 5. The standard InChI is InChI=1S/C14H19BrClNO/c1-9(2)13(6-7-15)17-14(18)12-5-4-11(16)8-10(12)3/h4-5,8-9,13H,6-7H2,1-3H3,(H,17,18). The molecule has 100 valence electrons. The molecular weight excluding hydrogens is 314 g/mol. The number of alkyl halides is 1. The number of amides is 1. The fraction of sp³-hybridized carbons (Fsp3) is 0.500. The summed E-state index contributed by atoms with van der Waals surface area (Å²) in [5.41, 5.74) is 1.60. The molecule has 1 N–H and O–H groups in total. The monoisotopic (exact) mass is 331 g/mol. The fourth-order valence-electron chi connectivity index (χ4n) is 1.82. The van der Waals surface area contributed by atoms with Gasteiger partial charge in [0.05, 0.1) is 0 Å². The number of carbonyl (C=O) groups excluding carboxylic acids is 1. The van der Waals surface area contributed by atoms with E-state index in [4.69, 9.17) is 11.6 Å². The molecule has 0 heterocycles. The van der Waals surface area contributed by atoms with Gasteiger partial charge in [0.15, 0.2) is 0 Å². The number of halogens is 2. The van der Waals surface area contributed by atoms with Gasteiger partial charge in [-0.15, -0.1) is 0 Å². The molecule has 0 saturated heterocycles. The van der Waals surface area contributed by atoms with E-state index in [-0.39, 0.29) is 11.9 Å². The summed E-state index contributed by atoms with van der Waals surface area (Å²) in [6.07, 6.45) is 0.927. The summed E-state index contributed by atoms with van der Waals surface area (Å²) >= 11 is 9.31. The second kappa shape index (κ2) is 7.15. The van der Waals surface area contributed by atoms with Crippen LogP contribution in [0.4, 0.5) is 0 Å². The van der Waals surface area contributed by atoms with Gasteiger partial charge >= 0.3 is 0 Å². The normalized spacial score (nSPS) is 12.6. The lowest BCUT2D eigenvalue weighted by Crippen LogP contribution is -2.39. The van der Waals surface area contributed by atoms with Crippen molar-refractivity contribution < 1.29 is 4.79 Å². The number of hydrogen-bond donors (Lipinski definition) is 1. The Morgan fingerprint density at radius 1 is 1.44 bits per heavy atom. The van der Waals surface area contributed by atoms with Crippen LogP contribution in [0.5, 0.6) is 0 Å². The lowest BCUT2D eigenvalue weighted by atomic mass is 10.0. The Labute approximate surface area is 122 Å². The molecule has 1 atom stereocenters. The molecule has 1 aromatic carbocycles. The van der Waals surface area contributed by atoms with Gasteiger partial charge in [-0.05, 0) is 43.0 Å². The summed E-state index contributed by atoms with van der Waals surface area (Å²) in [5, 5.41) is 4.62. The summed E-state index contributed by atoms with van der Waals surface area (Å²) in [5.74, 6) is 0.392. The van der Waals surface area contributed by atoms with Crippen molar-refractivity contribution in [2.75, 3.05) is 5.33 Å². The van der Waals surface area contributed by atoms with Crippen molar-refractivity contribution in [2.45, 2.75) is 33.2 Å². The molecule has 0 spiro atoms. The van der Waals surface area contributed by atoms with E-state index >= 15 is 0 Å². The number of benzene rings is 1. The molecular formula is C14H19BrClNO. The van der Waals surface area contributed by atoms with Crippen LogP contribution in [0, 0.1) is 12.8 Å². The predicted octanol–water partition coefficient (Wildman–Crippen LogP) is 4.19. The zero-order valence-corrected chi connectivity index (χ0v) is 13.3. The molecule has 0 fully saturated rings. The van der Waals surface area contributed by atoms with Crippen LogP contribution >= 0.6 is 27.5 Å². The van der Waals surface area contributed by atoms with E-state index in [1.165, 1.54) is 0 Å². The summed E-state index contributed by atoms with van der Waals surface area (Å²) in [6, 6.07) is 5.52. The van der Waals surface area contributed by atoms with Gasteiger partial charge in [0.1, 0.15) is 0 Å². The lowest BCUT2D eigenvalue weighted by Gasteiger charge is -2.22. The summed E-state index contributed by atoms with van der Waals surface area (Å²) in [4.78, 5) is 12.2. The van der Waals surface area contributed by atoms with Gasteiger partial charge in [0.2, 0.25) is 0 Å². The van der Waals surface area contributed by atoms with Crippen LogP contribution < -0.4 is 5.32 Å². The highest BCUT2D eigenvalue weighted by atomic mass is 79.9. The zero-order valence-electron chi connectivity index (χ0n) is 11.0. The van der Waals surface area contributed by atoms with Crippen molar-refractivity contribution in [1.82, 2.24) is 5.32 Å². The maximum atomic E-state index is 12.2. The average molecular weight is 333 g/mol. The topological polar surface area (TPSA) is 29.1 Å². The van der Waals surface area contributed by atoms with E-state index in [0.717, 1.165) is 17.3 Å². The minimum Gasteiger partial charge on any atom is -0.349 e. The summed E-state index contributed by atoms with van der Waals surface area (Å²) < 4.78 is 0. The van der Waals surface area contributed by atoms with Crippen molar-refractivity contribution in [2.24, 2.45) is 5.92 Å². The van der Waals surface area contributed by atoms with Gasteiger partial charge in [-0.25, -0.2) is 0 Å². The van der Waals surface area contributed by atoms with E-state index < -0.39 is 0 Å². The Morgan fingerprint density at radius 2 is 2.11 bits per heavy atom. The van der Waals surface area contributed by atoms with Gasteiger partial charge in [-0.3, -0.25) is 4.79 Å². The maximum absolute atomic E-state index is 12.2. The zero-order chi connectivity index (χ0) is 13.7. The van der Waals surface area contributed by atoms with Crippen molar-refractivity contribution in [3.63, 3.8) is 0 Å². The Hall–Kier alpha value is -0.540.